The van der Waals surface area contributed by atoms with Crippen LogP contribution in [0.25, 0.3) is 21.8 Å². The van der Waals surface area contributed by atoms with E-state index in [4.69, 9.17) is 5.26 Å². The SMILES string of the molecule is CC1(C)C(=O)N(c2ccc(C#N)c(C(F)(F)F)c2)C(=O)N1CCN(c1ccc2ncncc2c1)c1ccc2ncncc2c1. The Bertz CT molecular complexity index is 1910. The standard InChI is InChI=1S/C31H23F3N8O2/c1-30(2)28(43)42(24-4-3-19(14-35)25(13-24)31(32,33)34)29(44)41(30)10-9-40(22-5-7-26-20(11-22)15-36-17-38-26)23-6-8-27-21(12-23)16-37-18-39-27/h3-8,11-13,15-18H,9-10H2,1-2H3. The number of benzene rings is 3. The van der Waals surface area contributed by atoms with Gasteiger partial charge in [-0.15, -0.1) is 0 Å². The Morgan fingerprint density at radius 2 is 1.48 bits per heavy atom. The van der Waals surface area contributed by atoms with Gasteiger partial charge in [0.25, 0.3) is 5.91 Å². The summed E-state index contributed by atoms with van der Waals surface area (Å²) in [5.74, 6) is -0.683. The smallest absolute Gasteiger partial charge is 0.340 e. The van der Waals surface area contributed by atoms with Crippen molar-refractivity contribution in [3.8, 4) is 6.07 Å². The molecule has 0 atom stereocenters. The summed E-state index contributed by atoms with van der Waals surface area (Å²) < 4.78 is 41.0. The normalized spacial score (nSPS) is 14.8. The van der Waals surface area contributed by atoms with Gasteiger partial charge < -0.3 is 9.80 Å². The maximum Gasteiger partial charge on any atom is 0.417 e. The lowest BCUT2D eigenvalue weighted by Gasteiger charge is -2.32. The van der Waals surface area contributed by atoms with Crippen molar-refractivity contribution >= 4 is 50.8 Å². The van der Waals surface area contributed by atoms with Crippen LogP contribution >= 0.6 is 0 Å². The minimum absolute atomic E-state index is 0.0448. The summed E-state index contributed by atoms with van der Waals surface area (Å²) in [4.78, 5) is 48.0. The molecular formula is C31H23F3N8O2. The number of halogens is 3. The van der Waals surface area contributed by atoms with E-state index in [2.05, 4.69) is 19.9 Å². The average molecular weight is 597 g/mol. The molecule has 0 bridgehead atoms. The second kappa shape index (κ2) is 10.6. The van der Waals surface area contributed by atoms with Gasteiger partial charge >= 0.3 is 12.2 Å². The predicted molar refractivity (Wildman–Crippen MR) is 156 cm³/mol. The van der Waals surface area contributed by atoms with Crippen LogP contribution in [0.5, 0.6) is 0 Å². The molecule has 2 aromatic heterocycles. The maximum atomic E-state index is 13.7. The molecule has 5 aromatic rings. The molecule has 1 saturated heterocycles. The molecule has 1 aliphatic heterocycles. The second-order valence-corrected chi connectivity index (χ2v) is 10.7. The predicted octanol–water partition coefficient (Wildman–Crippen LogP) is 5.85. The molecule has 3 heterocycles. The van der Waals surface area contributed by atoms with Gasteiger partial charge in [0.15, 0.2) is 0 Å². The molecule has 0 saturated carbocycles. The number of carbonyl (C=O) groups excluding carboxylic acids is 2. The van der Waals surface area contributed by atoms with Gasteiger partial charge in [-0.05, 0) is 68.4 Å². The number of carbonyl (C=O) groups is 2. The van der Waals surface area contributed by atoms with Crippen LogP contribution < -0.4 is 9.80 Å². The minimum Gasteiger partial charge on any atom is -0.340 e. The van der Waals surface area contributed by atoms with Crippen LogP contribution in [0.15, 0.2) is 79.6 Å². The maximum absolute atomic E-state index is 13.7. The largest absolute Gasteiger partial charge is 0.417 e. The Labute approximate surface area is 249 Å². The number of anilines is 3. The van der Waals surface area contributed by atoms with E-state index in [0.717, 1.165) is 44.1 Å². The van der Waals surface area contributed by atoms with Crippen molar-refractivity contribution in [2.45, 2.75) is 25.6 Å². The molecule has 0 spiro atoms. The third-order valence-corrected chi connectivity index (χ3v) is 7.66. The fraction of sp³-hybridized carbons (Fsp3) is 0.194. The molecule has 44 heavy (non-hydrogen) atoms. The topological polar surface area (TPSA) is 119 Å². The zero-order chi connectivity index (χ0) is 31.2. The van der Waals surface area contributed by atoms with Crippen molar-refractivity contribution in [3.63, 3.8) is 0 Å². The molecule has 6 rings (SSSR count). The highest BCUT2D eigenvalue weighted by Crippen LogP contribution is 2.38. The number of imide groups is 1. The van der Waals surface area contributed by atoms with E-state index in [1.807, 2.05) is 41.3 Å². The van der Waals surface area contributed by atoms with Gasteiger partial charge in [-0.3, -0.25) is 4.79 Å². The quantitative estimate of drug-likeness (QED) is 0.224. The minimum atomic E-state index is -4.85. The molecule has 1 aliphatic rings. The first-order valence-electron chi connectivity index (χ1n) is 13.4. The molecule has 0 aliphatic carbocycles. The molecule has 1 fully saturated rings. The van der Waals surface area contributed by atoms with Crippen molar-refractivity contribution in [1.82, 2.24) is 24.8 Å². The first-order valence-corrected chi connectivity index (χ1v) is 13.4. The zero-order valence-corrected chi connectivity index (χ0v) is 23.4. The molecule has 0 N–H and O–H groups in total. The van der Waals surface area contributed by atoms with Crippen LogP contribution in [0.2, 0.25) is 0 Å². The fourth-order valence-corrected chi connectivity index (χ4v) is 5.33. The van der Waals surface area contributed by atoms with Gasteiger partial charge in [-0.25, -0.2) is 29.6 Å². The van der Waals surface area contributed by atoms with Gasteiger partial charge in [0.2, 0.25) is 0 Å². The summed E-state index contributed by atoms with van der Waals surface area (Å²) in [6.45, 7) is 3.36. The van der Waals surface area contributed by atoms with Crippen molar-refractivity contribution in [3.05, 3.63) is 90.8 Å². The number of fused-ring (bicyclic) bond motifs is 2. The van der Waals surface area contributed by atoms with E-state index in [1.165, 1.54) is 29.7 Å². The number of nitriles is 1. The zero-order valence-electron chi connectivity index (χ0n) is 23.4. The summed E-state index contributed by atoms with van der Waals surface area (Å²) in [6.07, 6.45) is 1.44. The first-order chi connectivity index (χ1) is 21.0. The summed E-state index contributed by atoms with van der Waals surface area (Å²) in [5, 5.41) is 10.8. The van der Waals surface area contributed by atoms with Gasteiger partial charge in [0, 0.05) is 47.6 Å². The Morgan fingerprint density at radius 1 is 0.886 bits per heavy atom. The monoisotopic (exact) mass is 596 g/mol. The van der Waals surface area contributed by atoms with Crippen LogP contribution in [0.4, 0.5) is 35.0 Å². The number of nitrogens with zero attached hydrogens (tertiary/aromatic N) is 8. The molecule has 10 nitrogen and oxygen atoms in total. The lowest BCUT2D eigenvalue weighted by atomic mass is 10.0. The first kappa shape index (κ1) is 28.5. The van der Waals surface area contributed by atoms with E-state index < -0.39 is 34.8 Å². The average Bonchev–Trinajstić information content (AvgIpc) is 3.18. The molecule has 3 amide bonds. The number of hydrogen-bond donors (Lipinski definition) is 0. The van der Waals surface area contributed by atoms with E-state index in [0.29, 0.717) is 6.07 Å². The highest BCUT2D eigenvalue weighted by atomic mass is 19.4. The van der Waals surface area contributed by atoms with E-state index >= 15 is 0 Å². The van der Waals surface area contributed by atoms with Crippen LogP contribution in [0, 0.1) is 11.3 Å². The fourth-order valence-electron chi connectivity index (χ4n) is 5.33. The molecule has 220 valence electrons. The third-order valence-electron chi connectivity index (χ3n) is 7.66. The number of aromatic nitrogens is 4. The summed E-state index contributed by atoms with van der Waals surface area (Å²) in [5.41, 5.74) is -0.445. The van der Waals surface area contributed by atoms with E-state index in [1.54, 1.807) is 26.2 Å². The molecule has 3 aromatic carbocycles. The summed E-state index contributed by atoms with van der Waals surface area (Å²) >= 11 is 0. The van der Waals surface area contributed by atoms with Crippen molar-refractivity contribution in [2.75, 3.05) is 22.9 Å². The van der Waals surface area contributed by atoms with Crippen LogP contribution in [-0.2, 0) is 11.0 Å². The number of alkyl halides is 3. The Hall–Kier alpha value is -5.64. The molecular weight excluding hydrogens is 573 g/mol. The summed E-state index contributed by atoms with van der Waals surface area (Å²) in [6, 6.07) is 14.8. The number of hydrogen-bond acceptors (Lipinski definition) is 8. The van der Waals surface area contributed by atoms with E-state index in [-0.39, 0.29) is 18.8 Å². The number of urea groups is 1. The Balaban J connectivity index is 1.36. The van der Waals surface area contributed by atoms with Crippen molar-refractivity contribution in [1.29, 1.82) is 5.26 Å². The van der Waals surface area contributed by atoms with E-state index in [9.17, 15) is 22.8 Å². The Kier molecular flexibility index (Phi) is 6.84. The summed E-state index contributed by atoms with van der Waals surface area (Å²) in [7, 11) is 0. The number of amides is 3. The van der Waals surface area contributed by atoms with Crippen LogP contribution in [0.1, 0.15) is 25.0 Å². The second-order valence-electron chi connectivity index (χ2n) is 10.7. The van der Waals surface area contributed by atoms with Crippen LogP contribution in [-0.4, -0.2) is 55.4 Å². The van der Waals surface area contributed by atoms with Gasteiger partial charge in [-0.1, -0.05) is 0 Å². The van der Waals surface area contributed by atoms with Gasteiger partial charge in [0.05, 0.1) is 33.9 Å². The molecule has 13 heteroatoms. The van der Waals surface area contributed by atoms with Crippen molar-refractivity contribution < 1.29 is 22.8 Å². The number of rotatable bonds is 6. The lowest BCUT2D eigenvalue weighted by molar-refractivity contribution is -0.137. The lowest BCUT2D eigenvalue weighted by Crippen LogP contribution is -2.47. The molecule has 0 unspecified atom stereocenters. The Morgan fingerprint density at radius 3 is 2.02 bits per heavy atom. The van der Waals surface area contributed by atoms with Gasteiger partial charge in [0.1, 0.15) is 18.2 Å². The van der Waals surface area contributed by atoms with Crippen molar-refractivity contribution in [2.24, 2.45) is 0 Å². The molecule has 0 radical (unpaired) electrons. The third kappa shape index (κ3) is 4.90. The highest BCUT2D eigenvalue weighted by Gasteiger charge is 2.52. The van der Waals surface area contributed by atoms with Gasteiger partial charge in [-0.2, -0.15) is 18.4 Å². The van der Waals surface area contributed by atoms with Crippen LogP contribution in [0.3, 0.4) is 0 Å². The highest BCUT2D eigenvalue weighted by molar-refractivity contribution is 6.23.